The van der Waals surface area contributed by atoms with Crippen LogP contribution < -0.4 is 5.32 Å². The van der Waals surface area contributed by atoms with E-state index in [1.165, 1.54) is 25.7 Å². The molecule has 2 aliphatic rings. The van der Waals surface area contributed by atoms with Crippen molar-refractivity contribution >= 4 is 5.91 Å². The van der Waals surface area contributed by atoms with E-state index in [1.54, 1.807) is 0 Å². The maximum absolute atomic E-state index is 12.0. The van der Waals surface area contributed by atoms with Gasteiger partial charge in [-0.05, 0) is 45.1 Å². The summed E-state index contributed by atoms with van der Waals surface area (Å²) < 4.78 is 0. The minimum absolute atomic E-state index is 0.246. The Morgan fingerprint density at radius 1 is 1.24 bits per heavy atom. The summed E-state index contributed by atoms with van der Waals surface area (Å²) in [6, 6.07) is 0.522. The second kappa shape index (κ2) is 7.59. The van der Waals surface area contributed by atoms with E-state index in [0.717, 1.165) is 39.1 Å². The maximum Gasteiger partial charge on any atom is 0.220 e. The fourth-order valence-electron chi connectivity index (χ4n) is 3.49. The molecule has 1 atom stereocenters. The van der Waals surface area contributed by atoms with Crippen molar-refractivity contribution in [3.8, 4) is 0 Å². The number of nitrogens with zero attached hydrogens (tertiary/aromatic N) is 2. The first-order chi connectivity index (χ1) is 10.0. The van der Waals surface area contributed by atoms with Crippen LogP contribution in [0.1, 0.15) is 52.4 Å². The Morgan fingerprint density at radius 3 is 2.43 bits per heavy atom. The standard InChI is InChI=1S/C17H33N3O/c1-4-17(8-5-9-17)14-18-16(21)7-6-15(2)20-12-10-19(3)11-13-20/h15H,4-14H2,1-3H3,(H,18,21)/t15-/m1/s1. The van der Waals surface area contributed by atoms with Crippen LogP contribution in [0.3, 0.4) is 0 Å². The summed E-state index contributed by atoms with van der Waals surface area (Å²) in [5.74, 6) is 0.246. The number of hydrogen-bond donors (Lipinski definition) is 1. The number of carbonyl (C=O) groups excluding carboxylic acids is 1. The molecule has 0 spiro atoms. The minimum atomic E-state index is 0.246. The third-order valence-corrected chi connectivity index (χ3v) is 5.78. The molecular weight excluding hydrogens is 262 g/mol. The van der Waals surface area contributed by atoms with Crippen LogP contribution in [0.15, 0.2) is 0 Å². The van der Waals surface area contributed by atoms with Gasteiger partial charge in [0.2, 0.25) is 5.91 Å². The predicted octanol–water partition coefficient (Wildman–Crippen LogP) is 2.10. The van der Waals surface area contributed by atoms with Gasteiger partial charge in [-0.1, -0.05) is 13.3 Å². The van der Waals surface area contributed by atoms with Crippen LogP contribution >= 0.6 is 0 Å². The van der Waals surface area contributed by atoms with Crippen LogP contribution in [0.5, 0.6) is 0 Å². The quantitative estimate of drug-likeness (QED) is 0.781. The highest BCUT2D eigenvalue weighted by molar-refractivity contribution is 5.75. The molecule has 4 heteroatoms. The van der Waals surface area contributed by atoms with Crippen LogP contribution in [0, 0.1) is 5.41 Å². The van der Waals surface area contributed by atoms with Gasteiger partial charge in [0.25, 0.3) is 0 Å². The maximum atomic E-state index is 12.0. The number of amides is 1. The van der Waals surface area contributed by atoms with Crippen LogP contribution in [-0.2, 0) is 4.79 Å². The highest BCUT2D eigenvalue weighted by Gasteiger charge is 2.35. The molecule has 4 nitrogen and oxygen atoms in total. The molecule has 1 N–H and O–H groups in total. The molecule has 2 rings (SSSR count). The summed E-state index contributed by atoms with van der Waals surface area (Å²) in [7, 11) is 2.18. The molecule has 0 unspecified atom stereocenters. The Hall–Kier alpha value is -0.610. The van der Waals surface area contributed by atoms with Gasteiger partial charge < -0.3 is 10.2 Å². The van der Waals surface area contributed by atoms with Crippen molar-refractivity contribution in [2.75, 3.05) is 39.8 Å². The molecule has 0 aromatic heterocycles. The van der Waals surface area contributed by atoms with Crippen molar-refractivity contribution in [3.63, 3.8) is 0 Å². The fraction of sp³-hybridized carbons (Fsp3) is 0.941. The largest absolute Gasteiger partial charge is 0.356 e. The molecule has 0 radical (unpaired) electrons. The molecule has 1 aliphatic heterocycles. The van der Waals surface area contributed by atoms with E-state index in [9.17, 15) is 4.79 Å². The van der Waals surface area contributed by atoms with Crippen molar-refractivity contribution in [3.05, 3.63) is 0 Å². The highest BCUT2D eigenvalue weighted by atomic mass is 16.1. The van der Waals surface area contributed by atoms with Gasteiger partial charge in [-0.25, -0.2) is 0 Å². The molecule has 1 heterocycles. The molecule has 1 amide bonds. The van der Waals surface area contributed by atoms with Gasteiger partial charge in [0.05, 0.1) is 0 Å². The molecule has 122 valence electrons. The number of rotatable bonds is 7. The molecule has 1 saturated heterocycles. The molecule has 1 aliphatic carbocycles. The first kappa shape index (κ1) is 16.8. The Kier molecular flexibility index (Phi) is 6.06. The summed E-state index contributed by atoms with van der Waals surface area (Å²) in [6.07, 6.45) is 6.78. The van der Waals surface area contributed by atoms with E-state index in [1.807, 2.05) is 0 Å². The SMILES string of the molecule is CCC1(CNC(=O)CC[C@@H](C)N2CCN(C)CC2)CCC1. The van der Waals surface area contributed by atoms with E-state index in [-0.39, 0.29) is 5.91 Å². The van der Waals surface area contributed by atoms with Gasteiger partial charge in [-0.15, -0.1) is 0 Å². The van der Waals surface area contributed by atoms with Gasteiger partial charge in [-0.2, -0.15) is 0 Å². The van der Waals surface area contributed by atoms with Gasteiger partial charge in [0.15, 0.2) is 0 Å². The van der Waals surface area contributed by atoms with E-state index in [4.69, 9.17) is 0 Å². The third-order valence-electron chi connectivity index (χ3n) is 5.78. The monoisotopic (exact) mass is 295 g/mol. The number of hydrogen-bond acceptors (Lipinski definition) is 3. The summed E-state index contributed by atoms with van der Waals surface area (Å²) in [5, 5.41) is 3.18. The van der Waals surface area contributed by atoms with Crippen LogP contribution in [0.2, 0.25) is 0 Å². The molecule has 0 aromatic carbocycles. The van der Waals surface area contributed by atoms with Crippen molar-refractivity contribution < 1.29 is 4.79 Å². The molecule has 0 aromatic rings. The van der Waals surface area contributed by atoms with Crippen LogP contribution in [0.25, 0.3) is 0 Å². The Morgan fingerprint density at radius 2 is 1.90 bits per heavy atom. The minimum Gasteiger partial charge on any atom is -0.356 e. The van der Waals surface area contributed by atoms with Crippen LogP contribution in [0.4, 0.5) is 0 Å². The summed E-state index contributed by atoms with van der Waals surface area (Å²) in [6.45, 7) is 9.98. The lowest BCUT2D eigenvalue weighted by Gasteiger charge is -2.41. The molecule has 2 fully saturated rings. The van der Waals surface area contributed by atoms with Crippen molar-refractivity contribution in [1.82, 2.24) is 15.1 Å². The van der Waals surface area contributed by atoms with Gasteiger partial charge in [0.1, 0.15) is 0 Å². The normalized spacial score (nSPS) is 24.3. The lowest BCUT2D eigenvalue weighted by molar-refractivity contribution is -0.122. The predicted molar refractivity (Wildman–Crippen MR) is 87.4 cm³/mol. The summed E-state index contributed by atoms with van der Waals surface area (Å²) in [4.78, 5) is 16.9. The third kappa shape index (κ3) is 4.68. The summed E-state index contributed by atoms with van der Waals surface area (Å²) in [5.41, 5.74) is 0.429. The lowest BCUT2D eigenvalue weighted by atomic mass is 9.67. The Balaban J connectivity index is 1.62. The Labute approximate surface area is 130 Å². The van der Waals surface area contributed by atoms with Crippen molar-refractivity contribution in [1.29, 1.82) is 0 Å². The number of likely N-dealkylation sites (N-methyl/N-ethyl adjacent to an activating group) is 1. The van der Waals surface area contributed by atoms with E-state index in [0.29, 0.717) is 17.9 Å². The molecule has 21 heavy (non-hydrogen) atoms. The zero-order valence-electron chi connectivity index (χ0n) is 14.2. The molecule has 1 saturated carbocycles. The Bertz CT molecular complexity index is 327. The second-order valence-corrected chi connectivity index (χ2v) is 7.21. The molecule has 0 bridgehead atoms. The second-order valence-electron chi connectivity index (χ2n) is 7.21. The van der Waals surface area contributed by atoms with Gasteiger partial charge >= 0.3 is 0 Å². The van der Waals surface area contributed by atoms with E-state index >= 15 is 0 Å². The zero-order chi connectivity index (χ0) is 15.3. The fourth-order valence-corrected chi connectivity index (χ4v) is 3.49. The average molecular weight is 295 g/mol. The van der Waals surface area contributed by atoms with Crippen LogP contribution in [-0.4, -0.2) is 61.5 Å². The average Bonchev–Trinajstić information content (AvgIpc) is 2.45. The van der Waals surface area contributed by atoms with E-state index in [2.05, 4.69) is 36.0 Å². The number of piperazine rings is 1. The van der Waals surface area contributed by atoms with Gasteiger partial charge in [-0.3, -0.25) is 9.69 Å². The van der Waals surface area contributed by atoms with Crippen molar-refractivity contribution in [2.24, 2.45) is 5.41 Å². The zero-order valence-corrected chi connectivity index (χ0v) is 14.2. The number of nitrogens with one attached hydrogen (secondary N) is 1. The lowest BCUT2D eigenvalue weighted by Crippen LogP contribution is -2.48. The topological polar surface area (TPSA) is 35.6 Å². The smallest absolute Gasteiger partial charge is 0.220 e. The highest BCUT2D eigenvalue weighted by Crippen LogP contribution is 2.43. The number of carbonyl (C=O) groups is 1. The first-order valence-electron chi connectivity index (χ1n) is 8.74. The summed E-state index contributed by atoms with van der Waals surface area (Å²) >= 11 is 0. The molecular formula is C17H33N3O. The first-order valence-corrected chi connectivity index (χ1v) is 8.74. The van der Waals surface area contributed by atoms with Gasteiger partial charge in [0, 0.05) is 45.2 Å². The van der Waals surface area contributed by atoms with Crippen molar-refractivity contribution in [2.45, 2.75) is 58.4 Å². The van der Waals surface area contributed by atoms with E-state index < -0.39 is 0 Å².